The van der Waals surface area contributed by atoms with E-state index in [2.05, 4.69) is 10.2 Å². The molecule has 3 N–H and O–H groups in total. The molecular formula is C25H25FN4O. The number of carbonyl (C=O) groups is 1. The lowest BCUT2D eigenvalue weighted by Crippen LogP contribution is -2.47. The van der Waals surface area contributed by atoms with Crippen LogP contribution >= 0.6 is 0 Å². The van der Waals surface area contributed by atoms with Crippen LogP contribution in [0.4, 0.5) is 10.1 Å². The van der Waals surface area contributed by atoms with Crippen molar-refractivity contribution >= 4 is 17.3 Å². The van der Waals surface area contributed by atoms with E-state index in [0.717, 1.165) is 28.1 Å². The maximum atomic E-state index is 13.8. The molecule has 1 amide bonds. The molecule has 31 heavy (non-hydrogen) atoms. The van der Waals surface area contributed by atoms with E-state index in [0.29, 0.717) is 13.1 Å². The van der Waals surface area contributed by atoms with E-state index < -0.39 is 12.2 Å². The Hall–Kier alpha value is -3.51. The Labute approximate surface area is 181 Å². The van der Waals surface area contributed by atoms with Crippen molar-refractivity contribution in [1.29, 1.82) is 0 Å². The molecule has 3 aromatic rings. The lowest BCUT2D eigenvalue weighted by atomic mass is 10.00. The Balaban J connectivity index is 1.78. The van der Waals surface area contributed by atoms with E-state index in [1.807, 2.05) is 60.7 Å². The van der Waals surface area contributed by atoms with Gasteiger partial charge < -0.3 is 16.0 Å². The maximum Gasteiger partial charge on any atom is 0.238 e. The van der Waals surface area contributed by atoms with Crippen LogP contribution in [0.15, 0.2) is 83.9 Å². The maximum absolute atomic E-state index is 13.8. The molecule has 2 atom stereocenters. The molecule has 0 spiro atoms. The highest BCUT2D eigenvalue weighted by molar-refractivity contribution is 6.16. The van der Waals surface area contributed by atoms with Crippen LogP contribution in [0.5, 0.6) is 0 Å². The van der Waals surface area contributed by atoms with Gasteiger partial charge in [-0.3, -0.25) is 9.79 Å². The number of hydrogen-bond acceptors (Lipinski definition) is 4. The molecular weight excluding hydrogens is 391 g/mol. The summed E-state index contributed by atoms with van der Waals surface area (Å²) < 4.78 is 13.8. The number of para-hydroxylation sites is 1. The normalized spacial score (nSPS) is 16.7. The van der Waals surface area contributed by atoms with Gasteiger partial charge in [-0.05, 0) is 30.7 Å². The second-order valence-corrected chi connectivity index (χ2v) is 7.68. The van der Waals surface area contributed by atoms with E-state index in [9.17, 15) is 9.18 Å². The average molecular weight is 417 g/mol. The number of hydrogen-bond donors (Lipinski definition) is 2. The fourth-order valence-corrected chi connectivity index (χ4v) is 3.73. The number of amides is 1. The molecule has 1 unspecified atom stereocenters. The van der Waals surface area contributed by atoms with Gasteiger partial charge in [0.15, 0.2) is 0 Å². The number of halogens is 1. The van der Waals surface area contributed by atoms with Crippen molar-refractivity contribution in [3.05, 3.63) is 101 Å². The van der Waals surface area contributed by atoms with Crippen molar-refractivity contribution in [2.45, 2.75) is 25.7 Å². The number of nitrogens with two attached hydrogens (primary N) is 1. The Morgan fingerprint density at radius 1 is 1.13 bits per heavy atom. The molecule has 0 radical (unpaired) electrons. The van der Waals surface area contributed by atoms with E-state index in [4.69, 9.17) is 10.7 Å². The molecule has 5 nitrogen and oxygen atoms in total. The second-order valence-electron chi connectivity index (χ2n) is 7.68. The smallest absolute Gasteiger partial charge is 0.238 e. The lowest BCUT2D eigenvalue weighted by Gasteiger charge is -2.28. The number of benzodiazepines with no additional fused rings is 1. The number of nitrogens with one attached hydrogen (secondary N) is 1. The third-order valence-corrected chi connectivity index (χ3v) is 5.21. The Kier molecular flexibility index (Phi) is 6.09. The summed E-state index contributed by atoms with van der Waals surface area (Å²) in [5, 5.41) is 2.95. The minimum Gasteiger partial charge on any atom is -0.363 e. The molecule has 0 saturated carbocycles. The van der Waals surface area contributed by atoms with Gasteiger partial charge in [-0.1, -0.05) is 60.7 Å². The van der Waals surface area contributed by atoms with Crippen LogP contribution < -0.4 is 16.0 Å². The van der Waals surface area contributed by atoms with E-state index in [-0.39, 0.29) is 11.7 Å². The van der Waals surface area contributed by atoms with Gasteiger partial charge in [-0.15, -0.1) is 0 Å². The third kappa shape index (κ3) is 4.81. The Bertz CT molecular complexity index is 1100. The predicted molar refractivity (Wildman–Crippen MR) is 122 cm³/mol. The summed E-state index contributed by atoms with van der Waals surface area (Å²) in [6, 6.07) is 23.8. The molecule has 0 fully saturated rings. The van der Waals surface area contributed by atoms with Crippen molar-refractivity contribution in [2.24, 2.45) is 10.7 Å². The van der Waals surface area contributed by atoms with E-state index >= 15 is 0 Å². The molecule has 6 heteroatoms. The molecule has 4 rings (SSSR count). The SMILES string of the molecule is C[C@H](N)C(=O)NC1CN(Cc2cccc(F)c2)c2ccccc2C(c2ccccc2)=N1. The second kappa shape index (κ2) is 9.10. The van der Waals surface area contributed by atoms with Crippen molar-refractivity contribution in [1.82, 2.24) is 5.32 Å². The van der Waals surface area contributed by atoms with Crippen LogP contribution in [0, 0.1) is 5.82 Å². The summed E-state index contributed by atoms with van der Waals surface area (Å²) in [5.41, 5.74) is 10.3. The third-order valence-electron chi connectivity index (χ3n) is 5.21. The van der Waals surface area contributed by atoms with Crippen molar-refractivity contribution in [2.75, 3.05) is 11.4 Å². The molecule has 0 bridgehead atoms. The first kappa shape index (κ1) is 20.8. The summed E-state index contributed by atoms with van der Waals surface area (Å²) in [4.78, 5) is 19.4. The van der Waals surface area contributed by atoms with Gasteiger partial charge in [0.2, 0.25) is 5.91 Å². The van der Waals surface area contributed by atoms with Crippen LogP contribution in [0.3, 0.4) is 0 Å². The first-order chi connectivity index (χ1) is 15.0. The zero-order valence-electron chi connectivity index (χ0n) is 17.3. The molecule has 0 aliphatic carbocycles. The highest BCUT2D eigenvalue weighted by Gasteiger charge is 2.26. The van der Waals surface area contributed by atoms with E-state index in [1.54, 1.807) is 13.0 Å². The van der Waals surface area contributed by atoms with Crippen LogP contribution in [0.25, 0.3) is 0 Å². The summed E-state index contributed by atoms with van der Waals surface area (Å²) in [6.45, 7) is 2.56. The van der Waals surface area contributed by atoms with Crippen LogP contribution in [0.2, 0.25) is 0 Å². The fourth-order valence-electron chi connectivity index (χ4n) is 3.73. The zero-order valence-corrected chi connectivity index (χ0v) is 17.3. The average Bonchev–Trinajstić information content (AvgIpc) is 2.91. The molecule has 158 valence electrons. The predicted octanol–water partition coefficient (Wildman–Crippen LogP) is 3.47. The largest absolute Gasteiger partial charge is 0.363 e. The number of anilines is 1. The van der Waals surface area contributed by atoms with Gasteiger partial charge in [0.05, 0.1) is 18.3 Å². The molecule has 3 aromatic carbocycles. The number of fused-ring (bicyclic) bond motifs is 1. The first-order valence-electron chi connectivity index (χ1n) is 10.3. The number of rotatable bonds is 5. The summed E-state index contributed by atoms with van der Waals surface area (Å²) >= 11 is 0. The summed E-state index contributed by atoms with van der Waals surface area (Å²) in [7, 11) is 0. The molecule has 0 aromatic heterocycles. The van der Waals surface area contributed by atoms with Crippen LogP contribution in [0.1, 0.15) is 23.6 Å². The number of aliphatic imine (C=N–C) groups is 1. The fraction of sp³-hybridized carbons (Fsp3) is 0.200. The Morgan fingerprint density at radius 2 is 1.87 bits per heavy atom. The first-order valence-corrected chi connectivity index (χ1v) is 10.3. The Morgan fingerprint density at radius 3 is 2.61 bits per heavy atom. The number of nitrogens with zero attached hydrogens (tertiary/aromatic N) is 2. The van der Waals surface area contributed by atoms with E-state index in [1.165, 1.54) is 12.1 Å². The van der Waals surface area contributed by atoms with Gasteiger partial charge in [0.25, 0.3) is 0 Å². The van der Waals surface area contributed by atoms with Gasteiger partial charge >= 0.3 is 0 Å². The summed E-state index contributed by atoms with van der Waals surface area (Å²) in [6.07, 6.45) is -0.505. The molecule has 1 heterocycles. The standard InChI is InChI=1S/C25H25FN4O/c1-17(27)25(31)29-23-16-30(15-18-8-7-11-20(26)14-18)22-13-6-5-12-21(22)24(28-23)19-9-3-2-4-10-19/h2-14,17,23H,15-16,27H2,1H3,(H,29,31)/t17-,23?/m0/s1. The van der Waals surface area contributed by atoms with Gasteiger partial charge in [0.1, 0.15) is 12.0 Å². The van der Waals surface area contributed by atoms with Crippen molar-refractivity contribution < 1.29 is 9.18 Å². The molecule has 1 aliphatic heterocycles. The van der Waals surface area contributed by atoms with Gasteiger partial charge in [-0.2, -0.15) is 0 Å². The van der Waals surface area contributed by atoms with Crippen molar-refractivity contribution in [3.63, 3.8) is 0 Å². The zero-order chi connectivity index (χ0) is 21.8. The number of carbonyl (C=O) groups excluding carboxylic acids is 1. The lowest BCUT2D eigenvalue weighted by molar-refractivity contribution is -0.122. The van der Waals surface area contributed by atoms with Gasteiger partial charge in [-0.25, -0.2) is 4.39 Å². The topological polar surface area (TPSA) is 70.7 Å². The minimum absolute atomic E-state index is 0.266. The molecule has 1 aliphatic rings. The summed E-state index contributed by atoms with van der Waals surface area (Å²) in [5.74, 6) is -0.540. The monoisotopic (exact) mass is 416 g/mol. The number of benzene rings is 3. The van der Waals surface area contributed by atoms with Crippen LogP contribution in [-0.2, 0) is 11.3 Å². The minimum atomic E-state index is -0.641. The highest BCUT2D eigenvalue weighted by Crippen LogP contribution is 2.29. The highest BCUT2D eigenvalue weighted by atomic mass is 19.1. The van der Waals surface area contributed by atoms with Crippen LogP contribution in [-0.4, -0.2) is 30.4 Å². The quantitative estimate of drug-likeness (QED) is 0.669. The van der Waals surface area contributed by atoms with Gasteiger partial charge in [0, 0.05) is 23.4 Å². The van der Waals surface area contributed by atoms with Crippen molar-refractivity contribution in [3.8, 4) is 0 Å². The molecule has 0 saturated heterocycles.